The van der Waals surface area contributed by atoms with Crippen molar-refractivity contribution in [1.29, 1.82) is 0 Å². The molecule has 1 fully saturated rings. The summed E-state index contributed by atoms with van der Waals surface area (Å²) < 4.78 is 1.60. The van der Waals surface area contributed by atoms with Crippen LogP contribution in [0.3, 0.4) is 0 Å². The van der Waals surface area contributed by atoms with E-state index < -0.39 is 0 Å². The first kappa shape index (κ1) is 18.5. The normalized spacial score (nSPS) is 14.4. The first-order chi connectivity index (χ1) is 14.7. The molecule has 30 heavy (non-hydrogen) atoms. The van der Waals surface area contributed by atoms with Gasteiger partial charge < -0.3 is 10.2 Å². The number of hydrogen-bond donors (Lipinski definition) is 1. The molecule has 1 N–H and O–H groups in total. The zero-order chi connectivity index (χ0) is 20.5. The molecule has 1 saturated carbocycles. The molecule has 5 rings (SSSR count). The molecule has 0 spiro atoms. The van der Waals surface area contributed by atoms with Gasteiger partial charge in [0.15, 0.2) is 5.65 Å². The minimum absolute atomic E-state index is 0.0693. The number of amides is 1. The highest BCUT2D eigenvalue weighted by Gasteiger charge is 2.21. The smallest absolute Gasteiger partial charge is 0.246 e. The number of hydrogen-bond acceptors (Lipinski definition) is 6. The molecule has 0 bridgehead atoms. The van der Waals surface area contributed by atoms with Crippen LogP contribution in [-0.4, -0.2) is 43.7 Å². The van der Waals surface area contributed by atoms with Crippen LogP contribution in [0, 0.1) is 0 Å². The lowest BCUT2D eigenvalue weighted by molar-refractivity contribution is -0.116. The minimum Gasteiger partial charge on any atom is -0.355 e. The van der Waals surface area contributed by atoms with Crippen LogP contribution in [0.15, 0.2) is 49.1 Å². The van der Waals surface area contributed by atoms with Crippen LogP contribution in [-0.2, 0) is 11.3 Å². The Kier molecular flexibility index (Phi) is 4.74. The molecule has 152 valence electrons. The van der Waals surface area contributed by atoms with E-state index in [1.165, 1.54) is 25.7 Å². The molecule has 1 aliphatic rings. The summed E-state index contributed by atoms with van der Waals surface area (Å²) in [6.45, 7) is 0.0693. The largest absolute Gasteiger partial charge is 0.355 e. The third-order valence-electron chi connectivity index (χ3n) is 5.78. The molecule has 4 aromatic rings. The third kappa shape index (κ3) is 3.56. The second-order valence-electron chi connectivity index (χ2n) is 7.77. The Morgan fingerprint density at radius 1 is 1.17 bits per heavy atom. The number of nitrogens with one attached hydrogen (secondary N) is 1. The number of aromatic nitrogens is 5. The summed E-state index contributed by atoms with van der Waals surface area (Å²) in [6.07, 6.45) is 11.8. The van der Waals surface area contributed by atoms with Gasteiger partial charge in [-0.25, -0.2) is 14.6 Å². The van der Waals surface area contributed by atoms with E-state index in [2.05, 4.69) is 32.3 Å². The maximum atomic E-state index is 12.6. The number of fused-ring (bicyclic) bond motifs is 2. The van der Waals surface area contributed by atoms with Crippen molar-refractivity contribution in [3.8, 4) is 0 Å². The quantitative estimate of drug-likeness (QED) is 0.551. The SMILES string of the molecule is CN(c1cnc2cnn(CC(=O)Nc3ccc4ccncc4c3)c2n1)C1CCCC1. The maximum Gasteiger partial charge on any atom is 0.246 e. The molecule has 1 aliphatic carbocycles. The lowest BCUT2D eigenvalue weighted by atomic mass is 10.1. The third-order valence-corrected chi connectivity index (χ3v) is 5.78. The summed E-state index contributed by atoms with van der Waals surface area (Å²) in [5.74, 6) is 0.651. The van der Waals surface area contributed by atoms with Gasteiger partial charge in [-0.2, -0.15) is 5.10 Å². The number of carbonyl (C=O) groups excluding carboxylic acids is 1. The van der Waals surface area contributed by atoms with Crippen LogP contribution in [0.4, 0.5) is 11.5 Å². The van der Waals surface area contributed by atoms with E-state index in [4.69, 9.17) is 4.98 Å². The van der Waals surface area contributed by atoms with Crippen LogP contribution in [0.5, 0.6) is 0 Å². The van der Waals surface area contributed by atoms with Gasteiger partial charge >= 0.3 is 0 Å². The summed E-state index contributed by atoms with van der Waals surface area (Å²) in [4.78, 5) is 28.2. The molecule has 0 aliphatic heterocycles. The van der Waals surface area contributed by atoms with Crippen molar-refractivity contribution in [1.82, 2.24) is 24.7 Å². The van der Waals surface area contributed by atoms with Crippen LogP contribution in [0.25, 0.3) is 21.9 Å². The van der Waals surface area contributed by atoms with E-state index in [9.17, 15) is 4.79 Å². The predicted molar refractivity (Wildman–Crippen MR) is 116 cm³/mol. The van der Waals surface area contributed by atoms with Crippen LogP contribution in [0.1, 0.15) is 25.7 Å². The predicted octanol–water partition coefficient (Wildman–Crippen LogP) is 3.39. The van der Waals surface area contributed by atoms with Crippen molar-refractivity contribution in [3.63, 3.8) is 0 Å². The molecule has 3 heterocycles. The van der Waals surface area contributed by atoms with Crippen LogP contribution < -0.4 is 10.2 Å². The monoisotopic (exact) mass is 401 g/mol. The van der Waals surface area contributed by atoms with Crippen molar-refractivity contribution in [3.05, 3.63) is 49.1 Å². The molecule has 3 aromatic heterocycles. The Balaban J connectivity index is 1.34. The summed E-state index contributed by atoms with van der Waals surface area (Å²) in [6, 6.07) is 8.20. The summed E-state index contributed by atoms with van der Waals surface area (Å²) in [5, 5.41) is 9.32. The fourth-order valence-electron chi connectivity index (χ4n) is 4.10. The topological polar surface area (TPSA) is 88.8 Å². The highest BCUT2D eigenvalue weighted by Crippen LogP contribution is 2.26. The van der Waals surface area contributed by atoms with Gasteiger partial charge in [0, 0.05) is 36.6 Å². The Labute approximate surface area is 174 Å². The van der Waals surface area contributed by atoms with Gasteiger partial charge in [0.25, 0.3) is 0 Å². The Morgan fingerprint density at radius 3 is 2.90 bits per heavy atom. The van der Waals surface area contributed by atoms with E-state index in [0.717, 1.165) is 22.3 Å². The number of anilines is 2. The van der Waals surface area contributed by atoms with Crippen molar-refractivity contribution >= 4 is 39.3 Å². The molecule has 0 atom stereocenters. The van der Waals surface area contributed by atoms with Gasteiger partial charge in [-0.3, -0.25) is 9.78 Å². The van der Waals surface area contributed by atoms with Gasteiger partial charge in [-0.1, -0.05) is 18.9 Å². The van der Waals surface area contributed by atoms with E-state index >= 15 is 0 Å². The average Bonchev–Trinajstić information content (AvgIpc) is 3.43. The molecular formula is C22H23N7O. The van der Waals surface area contributed by atoms with Crippen molar-refractivity contribution in [2.24, 2.45) is 0 Å². The average molecular weight is 401 g/mol. The van der Waals surface area contributed by atoms with E-state index in [1.807, 2.05) is 24.3 Å². The molecular weight excluding hydrogens is 378 g/mol. The van der Waals surface area contributed by atoms with Gasteiger partial charge in [0.2, 0.25) is 5.91 Å². The zero-order valence-corrected chi connectivity index (χ0v) is 16.8. The lowest BCUT2D eigenvalue weighted by Crippen LogP contribution is -2.29. The van der Waals surface area contributed by atoms with Crippen molar-refractivity contribution in [2.75, 3.05) is 17.3 Å². The summed E-state index contributed by atoms with van der Waals surface area (Å²) >= 11 is 0. The number of carbonyl (C=O) groups is 1. The Hall–Kier alpha value is -3.55. The molecule has 8 nitrogen and oxygen atoms in total. The highest BCUT2D eigenvalue weighted by molar-refractivity contribution is 5.94. The summed E-state index contributed by atoms with van der Waals surface area (Å²) in [7, 11) is 2.06. The second kappa shape index (κ2) is 7.70. The number of benzene rings is 1. The first-order valence-corrected chi connectivity index (χ1v) is 10.2. The van der Waals surface area contributed by atoms with Gasteiger partial charge in [0.1, 0.15) is 17.9 Å². The van der Waals surface area contributed by atoms with E-state index in [0.29, 0.717) is 17.2 Å². The van der Waals surface area contributed by atoms with Crippen LogP contribution in [0.2, 0.25) is 0 Å². The molecule has 0 saturated heterocycles. The maximum absolute atomic E-state index is 12.6. The molecule has 0 unspecified atom stereocenters. The lowest BCUT2D eigenvalue weighted by Gasteiger charge is -2.24. The van der Waals surface area contributed by atoms with Gasteiger partial charge in [0.05, 0.1) is 12.4 Å². The molecule has 0 radical (unpaired) electrons. The van der Waals surface area contributed by atoms with Crippen LogP contribution >= 0.6 is 0 Å². The number of nitrogens with zero attached hydrogens (tertiary/aromatic N) is 6. The first-order valence-electron chi connectivity index (χ1n) is 10.2. The number of pyridine rings is 1. The van der Waals surface area contributed by atoms with E-state index in [1.54, 1.807) is 29.5 Å². The second-order valence-corrected chi connectivity index (χ2v) is 7.77. The standard InChI is InChI=1S/C22H23N7O/c1-28(18-4-2-3-5-18)20-13-24-19-12-25-29(22(19)27-20)14-21(30)26-17-7-6-15-8-9-23-11-16(15)10-17/h6-13,18H,2-5,14H2,1H3,(H,26,30). The molecule has 1 aromatic carbocycles. The highest BCUT2D eigenvalue weighted by atomic mass is 16.2. The zero-order valence-electron chi connectivity index (χ0n) is 16.8. The summed E-state index contributed by atoms with van der Waals surface area (Å²) in [5.41, 5.74) is 2.03. The fourth-order valence-corrected chi connectivity index (χ4v) is 4.10. The number of rotatable bonds is 5. The van der Waals surface area contributed by atoms with Crippen molar-refractivity contribution in [2.45, 2.75) is 38.3 Å². The van der Waals surface area contributed by atoms with Crippen molar-refractivity contribution < 1.29 is 4.79 Å². The molecule has 1 amide bonds. The Morgan fingerprint density at radius 2 is 2.03 bits per heavy atom. The van der Waals surface area contributed by atoms with Gasteiger partial charge in [-0.05, 0) is 36.4 Å². The minimum atomic E-state index is -0.167. The van der Waals surface area contributed by atoms with Gasteiger partial charge in [-0.15, -0.1) is 0 Å². The fraction of sp³-hybridized carbons (Fsp3) is 0.318. The van der Waals surface area contributed by atoms with E-state index in [-0.39, 0.29) is 12.5 Å². The molecule has 8 heteroatoms. The Bertz CT molecular complexity index is 1210.